The van der Waals surface area contributed by atoms with Crippen LogP contribution in [0.15, 0.2) is 23.1 Å². The minimum absolute atomic E-state index is 0.552. The number of hydrogen-bond donors (Lipinski definition) is 0. The van der Waals surface area contributed by atoms with Crippen LogP contribution in [0.4, 0.5) is 0 Å². The average Bonchev–Trinajstić information content (AvgIpc) is 2.33. The van der Waals surface area contributed by atoms with Crippen molar-refractivity contribution in [3.05, 3.63) is 28.8 Å². The fraction of sp³-hybridized carbons (Fsp3) is 0.125. The molecule has 2 heterocycles. The van der Waals surface area contributed by atoms with E-state index in [1.165, 1.54) is 9.78 Å². The molecular weight excluding hydrogens is 189 g/mol. The summed E-state index contributed by atoms with van der Waals surface area (Å²) in [6.45, 7) is 2.03. The molecule has 0 fully saturated rings. The Hall–Kier alpha value is -0.591. The number of rotatable bonds is 0. The second-order valence-electron chi connectivity index (χ2n) is 2.26. The molecule has 0 N–H and O–H groups in total. The Morgan fingerprint density at radius 2 is 2.20 bits per heavy atom. The van der Waals surface area contributed by atoms with E-state index < -0.39 is 0 Å². The van der Waals surface area contributed by atoms with Crippen LogP contribution >= 0.6 is 0 Å². The summed E-state index contributed by atoms with van der Waals surface area (Å²) in [5.41, 5.74) is 2.29. The molecule has 0 spiro atoms. The number of nitrogens with zero attached hydrogens (tertiary/aromatic N) is 1. The van der Waals surface area contributed by atoms with E-state index in [1.807, 2.05) is 6.92 Å². The molecule has 1 nitrogen and oxygen atoms in total. The van der Waals surface area contributed by atoms with Gasteiger partial charge in [-0.1, -0.05) is 0 Å². The third kappa shape index (κ3) is 0.898. The van der Waals surface area contributed by atoms with E-state index in [9.17, 15) is 0 Å². The van der Waals surface area contributed by atoms with Crippen LogP contribution in [0, 0.1) is 6.92 Å². The van der Waals surface area contributed by atoms with Gasteiger partial charge in [-0.25, -0.2) is 0 Å². The normalized spacial score (nSPS) is 10.5. The van der Waals surface area contributed by atoms with E-state index in [1.54, 1.807) is 0 Å². The minimum atomic E-state index is 0.552. The third-order valence-corrected chi connectivity index (χ3v) is 3.27. The van der Waals surface area contributed by atoms with Crippen molar-refractivity contribution in [3.8, 4) is 0 Å². The van der Waals surface area contributed by atoms with Crippen LogP contribution in [0.1, 0.15) is 5.69 Å². The first-order valence-electron chi connectivity index (χ1n) is 3.17. The van der Waals surface area contributed by atoms with Gasteiger partial charge in [0.1, 0.15) is 0 Å². The maximum atomic E-state index is 4.38. The molecule has 2 aromatic rings. The Morgan fingerprint density at radius 1 is 1.30 bits per heavy atom. The topological polar surface area (TPSA) is 12.9 Å². The molecule has 0 bridgehead atoms. The third-order valence-electron chi connectivity index (χ3n) is 1.45. The van der Waals surface area contributed by atoms with Crippen LogP contribution in [0.25, 0.3) is 9.78 Å². The Labute approximate surface area is 65.5 Å². The van der Waals surface area contributed by atoms with Crippen molar-refractivity contribution in [2.24, 2.45) is 0 Å². The summed E-state index contributed by atoms with van der Waals surface area (Å²) in [4.78, 5) is 6.59. The molecule has 0 aliphatic carbocycles. The fourth-order valence-electron chi connectivity index (χ4n) is 0.955. The van der Waals surface area contributed by atoms with Gasteiger partial charge in [0.2, 0.25) is 0 Å². The Balaban J connectivity index is 2.86. The molecule has 2 rings (SSSR count). The molecule has 2 aromatic heterocycles. The summed E-state index contributed by atoms with van der Waals surface area (Å²) < 4.78 is 1.41. The predicted octanol–water partition coefficient (Wildman–Crippen LogP) is 1.60. The summed E-state index contributed by atoms with van der Waals surface area (Å²) in [5, 5.41) is 0. The van der Waals surface area contributed by atoms with Gasteiger partial charge >= 0.3 is 65.0 Å². The van der Waals surface area contributed by atoms with Crippen LogP contribution in [0.3, 0.4) is 0 Å². The molecule has 0 aromatic carbocycles. The van der Waals surface area contributed by atoms with Crippen molar-refractivity contribution in [1.29, 1.82) is 0 Å². The monoisotopic (exact) mass is 197 g/mol. The Bertz CT molecular complexity index is 351. The quantitative estimate of drug-likeness (QED) is 0.583. The zero-order valence-corrected chi connectivity index (χ0v) is 7.38. The van der Waals surface area contributed by atoms with Crippen LogP contribution in [0.2, 0.25) is 0 Å². The summed E-state index contributed by atoms with van der Waals surface area (Å²) >= 11 is 0.552. The first-order chi connectivity index (χ1) is 4.86. The van der Waals surface area contributed by atoms with Gasteiger partial charge in [0.25, 0.3) is 0 Å². The van der Waals surface area contributed by atoms with Crippen LogP contribution in [-0.2, 0) is 0 Å². The average molecular weight is 196 g/mol. The summed E-state index contributed by atoms with van der Waals surface area (Å²) in [6, 6.07) is 6.37. The van der Waals surface area contributed by atoms with Gasteiger partial charge in [-0.2, -0.15) is 0 Å². The van der Waals surface area contributed by atoms with E-state index >= 15 is 0 Å². The first kappa shape index (κ1) is 6.14. The van der Waals surface area contributed by atoms with E-state index in [0.29, 0.717) is 14.5 Å². The molecule has 0 saturated heterocycles. The van der Waals surface area contributed by atoms with Gasteiger partial charge in [0.05, 0.1) is 0 Å². The molecule has 2 heteroatoms. The second kappa shape index (κ2) is 2.22. The maximum absolute atomic E-state index is 4.38. The van der Waals surface area contributed by atoms with E-state index in [0.717, 1.165) is 5.69 Å². The molecular formula is C8H7NSe. The molecule has 10 heavy (non-hydrogen) atoms. The van der Waals surface area contributed by atoms with Gasteiger partial charge < -0.3 is 0 Å². The van der Waals surface area contributed by atoms with E-state index in [-0.39, 0.29) is 0 Å². The number of hydrogen-bond acceptors (Lipinski definition) is 1. The van der Waals surface area contributed by atoms with Crippen LogP contribution in [0.5, 0.6) is 0 Å². The zero-order chi connectivity index (χ0) is 6.97. The van der Waals surface area contributed by atoms with Gasteiger partial charge in [-0.05, 0) is 0 Å². The van der Waals surface area contributed by atoms with E-state index in [2.05, 4.69) is 28.1 Å². The Morgan fingerprint density at radius 3 is 3.10 bits per heavy atom. The fourth-order valence-corrected chi connectivity index (χ4v) is 2.48. The van der Waals surface area contributed by atoms with Crippen LogP contribution < -0.4 is 0 Å². The van der Waals surface area contributed by atoms with Crippen molar-refractivity contribution in [1.82, 2.24) is 4.98 Å². The first-order valence-corrected chi connectivity index (χ1v) is 5.02. The zero-order valence-electron chi connectivity index (χ0n) is 5.66. The van der Waals surface area contributed by atoms with Crippen molar-refractivity contribution in [2.45, 2.75) is 6.92 Å². The van der Waals surface area contributed by atoms with Gasteiger partial charge in [0, 0.05) is 0 Å². The summed E-state index contributed by atoms with van der Waals surface area (Å²) in [6.07, 6.45) is 0. The van der Waals surface area contributed by atoms with Crippen molar-refractivity contribution < 1.29 is 0 Å². The molecule has 0 atom stereocenters. The van der Waals surface area contributed by atoms with Crippen molar-refractivity contribution >= 4 is 24.3 Å². The second-order valence-corrected chi connectivity index (χ2v) is 4.24. The number of aryl methyl sites for hydroxylation is 1. The molecule has 50 valence electrons. The van der Waals surface area contributed by atoms with Crippen LogP contribution in [-0.4, -0.2) is 19.5 Å². The van der Waals surface area contributed by atoms with Gasteiger partial charge in [-0.15, -0.1) is 0 Å². The molecule has 0 aliphatic heterocycles. The van der Waals surface area contributed by atoms with Gasteiger partial charge in [-0.3, -0.25) is 0 Å². The summed E-state index contributed by atoms with van der Waals surface area (Å²) in [7, 11) is 0. The van der Waals surface area contributed by atoms with Crippen molar-refractivity contribution in [3.63, 3.8) is 0 Å². The number of aromatic nitrogens is 1. The molecule has 0 radical (unpaired) electrons. The predicted molar refractivity (Wildman–Crippen MR) is 43.4 cm³/mol. The summed E-state index contributed by atoms with van der Waals surface area (Å²) in [5.74, 6) is 0. The number of pyridine rings is 1. The van der Waals surface area contributed by atoms with Gasteiger partial charge in [0.15, 0.2) is 0 Å². The molecule has 0 unspecified atom stereocenters. The molecule has 0 aliphatic rings. The molecule has 0 saturated carbocycles. The van der Waals surface area contributed by atoms with Crippen molar-refractivity contribution in [2.75, 3.05) is 0 Å². The van der Waals surface area contributed by atoms with E-state index in [4.69, 9.17) is 0 Å². The number of fused-ring (bicyclic) bond motifs is 1. The SMILES string of the molecule is Cc1ccc2[se]ccc2n1. The molecule has 0 amide bonds. The standard InChI is InChI=1S/C8H7NSe/c1-6-2-3-8-7(9-6)4-5-10-8/h2-5H,1H3. The Kier molecular flexibility index (Phi) is 1.37.